The number of amides is 1. The third-order valence-electron chi connectivity index (χ3n) is 5.58. The summed E-state index contributed by atoms with van der Waals surface area (Å²) < 4.78 is 1.86. The second-order valence-electron chi connectivity index (χ2n) is 8.07. The molecule has 3 aromatic rings. The second kappa shape index (κ2) is 7.95. The molecule has 0 spiro atoms. The number of aromatic nitrogens is 3. The summed E-state index contributed by atoms with van der Waals surface area (Å²) in [5.74, 6) is 1.31. The fraction of sp³-hybridized carbons (Fsp3) is 0.333. The molecular weight excluding hydrogens is 412 g/mol. The van der Waals surface area contributed by atoms with Crippen molar-refractivity contribution in [1.29, 1.82) is 0 Å². The first kappa shape index (κ1) is 20.0. The van der Waals surface area contributed by atoms with Gasteiger partial charge in [-0.05, 0) is 50.5 Å². The summed E-state index contributed by atoms with van der Waals surface area (Å²) in [7, 11) is 0. The molecule has 1 unspecified atom stereocenters. The average Bonchev–Trinajstić information content (AvgIpc) is 3.36. The fourth-order valence-corrected chi connectivity index (χ4v) is 4.38. The summed E-state index contributed by atoms with van der Waals surface area (Å²) in [6.07, 6.45) is 6.89. The number of nitrogens with one attached hydrogen (secondary N) is 3. The predicted octanol–water partition coefficient (Wildman–Crippen LogP) is 2.62. The Labute approximate surface area is 183 Å². The first-order valence-electron chi connectivity index (χ1n) is 10.3. The number of rotatable bonds is 5. The van der Waals surface area contributed by atoms with Crippen LogP contribution in [0.2, 0.25) is 0 Å². The molecule has 1 amide bonds. The van der Waals surface area contributed by atoms with Gasteiger partial charge in [-0.2, -0.15) is 4.99 Å². The molecule has 31 heavy (non-hydrogen) atoms. The number of carbonyl (C=O) groups is 1. The van der Waals surface area contributed by atoms with Crippen molar-refractivity contribution in [2.75, 3.05) is 5.32 Å². The Morgan fingerprint density at radius 1 is 1.35 bits per heavy atom. The first-order valence-corrected chi connectivity index (χ1v) is 11.1. The second-order valence-corrected chi connectivity index (χ2v) is 9.17. The summed E-state index contributed by atoms with van der Waals surface area (Å²) in [6.45, 7) is 2.09. The number of imidazole rings is 1. The Morgan fingerprint density at radius 3 is 2.84 bits per heavy atom. The SMILES string of the molecule is CC1C/C(=N\c2nc(Sc3ccc(NC(=O)C4(N)CCC4)cc3)cc3nccn23)NN1. The van der Waals surface area contributed by atoms with Gasteiger partial charge in [0.05, 0.1) is 5.54 Å². The average molecular weight is 437 g/mol. The van der Waals surface area contributed by atoms with Gasteiger partial charge < -0.3 is 16.5 Å². The molecule has 3 heterocycles. The highest BCUT2D eigenvalue weighted by molar-refractivity contribution is 7.99. The van der Waals surface area contributed by atoms with Crippen LogP contribution in [0.4, 0.5) is 11.6 Å². The van der Waals surface area contributed by atoms with Crippen LogP contribution in [0, 0.1) is 0 Å². The van der Waals surface area contributed by atoms with Crippen LogP contribution in [-0.2, 0) is 4.79 Å². The molecule has 160 valence electrons. The number of aliphatic imine (C=N–C) groups is 1. The van der Waals surface area contributed by atoms with Crippen molar-refractivity contribution in [1.82, 2.24) is 25.2 Å². The van der Waals surface area contributed by atoms with E-state index in [0.29, 0.717) is 12.0 Å². The van der Waals surface area contributed by atoms with Crippen LogP contribution in [0.5, 0.6) is 0 Å². The molecule has 2 aliphatic rings. The number of hydrazine groups is 1. The lowest BCUT2D eigenvalue weighted by Gasteiger charge is -2.36. The minimum atomic E-state index is -0.712. The highest BCUT2D eigenvalue weighted by Gasteiger charge is 2.40. The van der Waals surface area contributed by atoms with Crippen LogP contribution < -0.4 is 21.9 Å². The van der Waals surface area contributed by atoms with Crippen molar-refractivity contribution in [3.63, 3.8) is 0 Å². The van der Waals surface area contributed by atoms with Crippen molar-refractivity contribution in [2.45, 2.75) is 54.1 Å². The Balaban J connectivity index is 1.34. The van der Waals surface area contributed by atoms with E-state index in [2.05, 4.69) is 33.1 Å². The Hall–Kier alpha value is -2.95. The first-order chi connectivity index (χ1) is 15.0. The Kier molecular flexibility index (Phi) is 5.12. The maximum Gasteiger partial charge on any atom is 0.244 e. The van der Waals surface area contributed by atoms with Crippen molar-refractivity contribution < 1.29 is 4.79 Å². The largest absolute Gasteiger partial charge is 0.324 e. The van der Waals surface area contributed by atoms with Crippen LogP contribution in [0.15, 0.2) is 57.6 Å². The molecule has 9 nitrogen and oxygen atoms in total. The van der Waals surface area contributed by atoms with Crippen LogP contribution in [-0.4, -0.2) is 37.7 Å². The zero-order valence-electron chi connectivity index (χ0n) is 17.1. The number of fused-ring (bicyclic) bond motifs is 1. The molecule has 5 N–H and O–H groups in total. The lowest BCUT2D eigenvalue weighted by Crippen LogP contribution is -2.56. The van der Waals surface area contributed by atoms with Gasteiger partial charge in [0.1, 0.15) is 16.5 Å². The number of anilines is 1. The quantitative estimate of drug-likeness (QED) is 0.454. The van der Waals surface area contributed by atoms with Gasteiger partial charge in [-0.3, -0.25) is 9.20 Å². The van der Waals surface area contributed by atoms with E-state index in [9.17, 15) is 4.79 Å². The van der Waals surface area contributed by atoms with Gasteiger partial charge >= 0.3 is 0 Å². The Morgan fingerprint density at radius 2 is 2.16 bits per heavy atom. The van der Waals surface area contributed by atoms with Crippen LogP contribution >= 0.6 is 11.8 Å². The number of nitrogens with two attached hydrogens (primary N) is 1. The van der Waals surface area contributed by atoms with E-state index in [1.54, 1.807) is 6.20 Å². The highest BCUT2D eigenvalue weighted by Crippen LogP contribution is 2.32. The molecule has 10 heteroatoms. The molecule has 0 bridgehead atoms. The van der Waals surface area contributed by atoms with Gasteiger partial charge in [-0.1, -0.05) is 11.8 Å². The van der Waals surface area contributed by atoms with Gasteiger partial charge in [-0.15, -0.1) is 0 Å². The van der Waals surface area contributed by atoms with Crippen molar-refractivity contribution in [3.8, 4) is 0 Å². The summed E-state index contributed by atoms with van der Waals surface area (Å²) in [5.41, 5.74) is 13.1. The van der Waals surface area contributed by atoms with Gasteiger partial charge in [0, 0.05) is 41.5 Å². The number of hydrogen-bond donors (Lipinski definition) is 4. The summed E-state index contributed by atoms with van der Waals surface area (Å²) in [6, 6.07) is 9.93. The van der Waals surface area contributed by atoms with E-state index in [1.165, 1.54) is 11.8 Å². The smallest absolute Gasteiger partial charge is 0.244 e. The minimum absolute atomic E-state index is 0.112. The summed E-state index contributed by atoms with van der Waals surface area (Å²) >= 11 is 1.52. The van der Waals surface area contributed by atoms with E-state index < -0.39 is 5.54 Å². The lowest BCUT2D eigenvalue weighted by atomic mass is 9.77. The van der Waals surface area contributed by atoms with Crippen molar-refractivity contribution >= 4 is 40.8 Å². The molecule has 1 aliphatic carbocycles. The normalized spacial score (nSPS) is 21.1. The van der Waals surface area contributed by atoms with Crippen LogP contribution in [0.3, 0.4) is 0 Å². The van der Waals surface area contributed by atoms with Gasteiger partial charge in [0.25, 0.3) is 0 Å². The van der Waals surface area contributed by atoms with E-state index in [4.69, 9.17) is 10.7 Å². The maximum atomic E-state index is 12.3. The zero-order chi connectivity index (χ0) is 21.4. The van der Waals surface area contributed by atoms with E-state index in [1.807, 2.05) is 40.9 Å². The topological polar surface area (TPSA) is 122 Å². The van der Waals surface area contributed by atoms with Crippen LogP contribution in [0.25, 0.3) is 5.65 Å². The van der Waals surface area contributed by atoms with Crippen molar-refractivity contribution in [2.24, 2.45) is 10.7 Å². The number of hydrogen-bond acceptors (Lipinski definition) is 7. The molecule has 5 rings (SSSR count). The Bertz CT molecular complexity index is 1150. The standard InChI is InChI=1S/C21H24N8OS/c1-13-11-16(28-27-13)25-20-26-18(12-17-23-9-10-29(17)20)31-15-5-3-14(4-6-15)24-19(30)21(22)7-2-8-21/h3-6,9-10,12-13,27H,2,7-8,11,22H2,1H3,(H,24,30)(H,25,26,28). The maximum absolute atomic E-state index is 12.3. The van der Waals surface area contributed by atoms with E-state index in [0.717, 1.165) is 52.8 Å². The predicted molar refractivity (Wildman–Crippen MR) is 120 cm³/mol. The molecule has 0 radical (unpaired) electrons. The van der Waals surface area contributed by atoms with Crippen LogP contribution in [0.1, 0.15) is 32.6 Å². The molecule has 2 fully saturated rings. The number of benzene rings is 1. The zero-order valence-corrected chi connectivity index (χ0v) is 17.9. The molecule has 2 aromatic heterocycles. The molecule has 1 saturated carbocycles. The number of amidine groups is 1. The van der Waals surface area contributed by atoms with E-state index >= 15 is 0 Å². The van der Waals surface area contributed by atoms with Gasteiger partial charge in [0.2, 0.25) is 11.9 Å². The number of carbonyl (C=O) groups excluding carboxylic acids is 1. The molecular formula is C21H24N8OS. The monoisotopic (exact) mass is 436 g/mol. The summed E-state index contributed by atoms with van der Waals surface area (Å²) in [5, 5.41) is 3.71. The third-order valence-corrected chi connectivity index (χ3v) is 6.50. The van der Waals surface area contributed by atoms with Gasteiger partial charge in [-0.25, -0.2) is 15.4 Å². The molecule has 1 atom stereocenters. The van der Waals surface area contributed by atoms with Gasteiger partial charge in [0.15, 0.2) is 0 Å². The molecule has 1 aromatic carbocycles. The highest BCUT2D eigenvalue weighted by atomic mass is 32.2. The fourth-order valence-electron chi connectivity index (χ4n) is 3.58. The summed E-state index contributed by atoms with van der Waals surface area (Å²) in [4.78, 5) is 27.1. The van der Waals surface area contributed by atoms with Crippen molar-refractivity contribution in [3.05, 3.63) is 42.7 Å². The lowest BCUT2D eigenvalue weighted by molar-refractivity contribution is -0.123. The molecule has 1 aliphatic heterocycles. The third kappa shape index (κ3) is 4.14. The number of nitrogens with zero attached hydrogens (tertiary/aromatic N) is 4. The molecule has 1 saturated heterocycles. The minimum Gasteiger partial charge on any atom is -0.324 e. The van der Waals surface area contributed by atoms with E-state index in [-0.39, 0.29) is 5.91 Å².